The Morgan fingerprint density at radius 3 is 1.46 bits per heavy atom. The predicted octanol–water partition coefficient (Wildman–Crippen LogP) is -1.91. The molecule has 0 heterocycles. The van der Waals surface area contributed by atoms with E-state index < -0.39 is 0 Å². The second-order valence-corrected chi connectivity index (χ2v) is 0.885. The van der Waals surface area contributed by atoms with Crippen LogP contribution < -0.4 is 18.9 Å². The summed E-state index contributed by atoms with van der Waals surface area (Å²) in [5.41, 5.74) is 0. The Morgan fingerprint density at radius 1 is 1.00 bits per heavy atom. The second kappa shape index (κ2) is 60.8. The van der Waals surface area contributed by atoms with Gasteiger partial charge in [0.15, 0.2) is 0 Å². The van der Waals surface area contributed by atoms with Gasteiger partial charge in [0.2, 0.25) is 0 Å². The maximum atomic E-state index is 7.50. The van der Waals surface area contributed by atoms with Gasteiger partial charge in [0.1, 0.15) is 0 Å². The van der Waals surface area contributed by atoms with E-state index in [9.17, 15) is 0 Å². The first-order valence-corrected chi connectivity index (χ1v) is 2.19. The molecule has 0 saturated carbocycles. The molecular formula is C8H4LiMnO3-. The van der Waals surface area contributed by atoms with Gasteiger partial charge in [-0.05, 0) is 0 Å². The summed E-state index contributed by atoms with van der Waals surface area (Å²) in [6, 6.07) is 10.5. The van der Waals surface area contributed by atoms with Crippen LogP contribution in [-0.4, -0.2) is 0 Å². The molecule has 0 unspecified atom stereocenters. The van der Waals surface area contributed by atoms with Crippen LogP contribution in [-0.2, 0) is 31.0 Å². The van der Waals surface area contributed by atoms with Gasteiger partial charge in [0.25, 0.3) is 0 Å². The van der Waals surface area contributed by atoms with Gasteiger partial charge in [-0.15, -0.1) is 0 Å². The van der Waals surface area contributed by atoms with Crippen LogP contribution in [0.15, 0.2) is 24.3 Å². The fourth-order valence-corrected chi connectivity index (χ4v) is 0.278. The third kappa shape index (κ3) is 49.9. The molecule has 0 N–H and O–H groups in total. The van der Waals surface area contributed by atoms with Crippen LogP contribution >= 0.6 is 0 Å². The third-order valence-corrected chi connectivity index (χ3v) is 0.496. The molecule has 1 radical (unpaired) electrons. The molecule has 3 nitrogen and oxygen atoms in total. The standard InChI is InChI=1S/C5H4.3CO.Li.Mn/c1-2-4-5-3-1;3*1-2;;/h1-4H;;;;;/q-2;;;;+1;. The van der Waals surface area contributed by atoms with Crippen molar-refractivity contribution in [3.05, 3.63) is 50.3 Å². The van der Waals surface area contributed by atoms with Gasteiger partial charge < -0.3 is 30.3 Å². The smallest absolute Gasteiger partial charge is 0.376 e. The van der Waals surface area contributed by atoms with Crippen LogP contribution in [0, 0.1) is 26.0 Å². The van der Waals surface area contributed by atoms with Gasteiger partial charge in [-0.2, -0.15) is 0 Å². The zero-order valence-electron chi connectivity index (χ0n) is 6.91. The number of rotatable bonds is 0. The largest absolute Gasteiger partial charge is 1.00 e. The molecule has 0 aliphatic rings. The number of hydrogen-bond acceptors (Lipinski definition) is 0. The van der Waals surface area contributed by atoms with Gasteiger partial charge in [0, 0.05) is 17.1 Å². The molecule has 0 aliphatic heterocycles. The minimum Gasteiger partial charge on any atom is -0.376 e. The van der Waals surface area contributed by atoms with Crippen LogP contribution in [0.2, 0.25) is 0 Å². The molecule has 0 atom stereocenters. The van der Waals surface area contributed by atoms with Crippen molar-refractivity contribution < 1.29 is 49.9 Å². The Hall–Kier alpha value is -0.313. The van der Waals surface area contributed by atoms with E-state index >= 15 is 0 Å². The van der Waals surface area contributed by atoms with E-state index in [4.69, 9.17) is 14.0 Å². The molecule has 13 heavy (non-hydrogen) atoms. The molecular weight excluding hydrogens is 206 g/mol. The Morgan fingerprint density at radius 2 is 1.38 bits per heavy atom. The summed E-state index contributed by atoms with van der Waals surface area (Å²) in [6.07, 6.45) is 0. The van der Waals surface area contributed by atoms with E-state index in [-0.39, 0.29) is 35.9 Å². The molecule has 0 aliphatic carbocycles. The Kier molecular flexibility index (Phi) is 137. The quantitative estimate of drug-likeness (QED) is 0.272. The Labute approximate surface area is 100 Å². The average Bonchev–Trinajstić information content (AvgIpc) is 2.71. The predicted molar refractivity (Wildman–Crippen MR) is 32.7 cm³/mol. The first-order valence-electron chi connectivity index (χ1n) is 2.19. The summed E-state index contributed by atoms with van der Waals surface area (Å²) in [5.74, 6) is 0. The molecule has 0 amide bonds. The second-order valence-electron chi connectivity index (χ2n) is 0.885. The topological polar surface area (TPSA) is 59.7 Å². The zero-order valence-corrected chi connectivity index (χ0v) is 8.09. The number of hydrogen-bond donors (Lipinski definition) is 0. The van der Waals surface area contributed by atoms with Crippen molar-refractivity contribution in [2.75, 3.05) is 0 Å². The summed E-state index contributed by atoms with van der Waals surface area (Å²) < 4.78 is 22.5. The molecule has 1 rings (SSSR count). The molecule has 0 spiro atoms. The van der Waals surface area contributed by atoms with Crippen molar-refractivity contribution in [2.45, 2.75) is 0 Å². The van der Waals surface area contributed by atoms with Crippen LogP contribution in [0.1, 0.15) is 0 Å². The van der Waals surface area contributed by atoms with Gasteiger partial charge in [-0.3, -0.25) is 0 Å². The molecule has 1 aromatic carbocycles. The molecule has 5 heteroatoms. The molecule has 1 aromatic rings. The summed E-state index contributed by atoms with van der Waals surface area (Å²) in [7, 11) is 0. The minimum atomic E-state index is 0. The van der Waals surface area contributed by atoms with Crippen LogP contribution in [0.25, 0.3) is 0 Å². The van der Waals surface area contributed by atoms with Crippen molar-refractivity contribution in [1.29, 1.82) is 0 Å². The monoisotopic (exact) mass is 210 g/mol. The van der Waals surface area contributed by atoms with Gasteiger partial charge >= 0.3 is 52.8 Å². The average molecular weight is 210 g/mol. The van der Waals surface area contributed by atoms with Gasteiger partial charge in [-0.1, -0.05) is 0 Å². The normalized spacial score (nSPS) is 3.54. The van der Waals surface area contributed by atoms with E-state index in [0.29, 0.717) is 0 Å². The SMILES string of the molecule is [C-]#[O+].[C-]#[O+].[C-]#[O+].[Li+].[Mn].[c-]1cc[cH-]c1. The Bertz CT molecular complexity index is 148. The van der Waals surface area contributed by atoms with Crippen molar-refractivity contribution in [2.24, 2.45) is 0 Å². The van der Waals surface area contributed by atoms with E-state index in [1.54, 1.807) is 0 Å². The van der Waals surface area contributed by atoms with Crippen LogP contribution in [0.4, 0.5) is 0 Å². The van der Waals surface area contributed by atoms with Crippen LogP contribution in [0.5, 0.6) is 0 Å². The molecule has 0 fully saturated rings. The van der Waals surface area contributed by atoms with Crippen molar-refractivity contribution in [3.63, 3.8) is 0 Å². The minimum absolute atomic E-state index is 0. The van der Waals surface area contributed by atoms with Crippen LogP contribution in [0.3, 0.4) is 0 Å². The first-order chi connectivity index (χ1) is 5.50. The summed E-state index contributed by atoms with van der Waals surface area (Å²) in [5, 5.41) is 0. The Balaban J connectivity index is -0.0000000239. The van der Waals surface area contributed by atoms with E-state index in [1.165, 1.54) is 0 Å². The van der Waals surface area contributed by atoms with E-state index in [0.717, 1.165) is 0 Å². The molecule has 0 saturated heterocycles. The van der Waals surface area contributed by atoms with Gasteiger partial charge in [-0.25, -0.2) is 0 Å². The van der Waals surface area contributed by atoms with Crippen molar-refractivity contribution in [3.8, 4) is 0 Å². The van der Waals surface area contributed by atoms with Crippen molar-refractivity contribution in [1.82, 2.24) is 0 Å². The molecule has 63 valence electrons. The van der Waals surface area contributed by atoms with E-state index in [1.807, 2.05) is 24.3 Å². The summed E-state index contributed by atoms with van der Waals surface area (Å²) in [4.78, 5) is 0. The van der Waals surface area contributed by atoms with Gasteiger partial charge in [0.05, 0.1) is 0 Å². The third-order valence-electron chi connectivity index (χ3n) is 0.496. The summed E-state index contributed by atoms with van der Waals surface area (Å²) in [6.45, 7) is 13.5. The zero-order chi connectivity index (χ0) is 9.54. The molecule has 0 bridgehead atoms. The first kappa shape index (κ1) is 29.3. The molecule has 0 aromatic heterocycles. The maximum Gasteiger partial charge on any atom is 1.00 e. The summed E-state index contributed by atoms with van der Waals surface area (Å²) >= 11 is 0. The fourth-order valence-electron chi connectivity index (χ4n) is 0.278. The maximum absolute atomic E-state index is 7.50. The van der Waals surface area contributed by atoms with E-state index in [2.05, 4.69) is 26.0 Å². The fraction of sp³-hybridized carbons (Fsp3) is 0. The van der Waals surface area contributed by atoms with Crippen molar-refractivity contribution >= 4 is 0 Å².